The van der Waals surface area contributed by atoms with Gasteiger partial charge >= 0.3 is 12.1 Å². The number of rotatable bonds is 3. The maximum atomic E-state index is 12.2. The zero-order valence-corrected chi connectivity index (χ0v) is 11.2. The van der Waals surface area contributed by atoms with Crippen LogP contribution in [0.3, 0.4) is 0 Å². The van der Waals surface area contributed by atoms with E-state index in [1.165, 1.54) is 0 Å². The zero-order valence-electron chi connectivity index (χ0n) is 11.2. The number of alkyl halides is 3. The lowest BCUT2D eigenvalue weighted by molar-refractivity contribution is -0.161. The fraction of sp³-hybridized carbons (Fsp3) is 0.833. The highest BCUT2D eigenvalue weighted by Crippen LogP contribution is 2.26. The number of ether oxygens (including phenoxy) is 1. The van der Waals surface area contributed by atoms with Gasteiger partial charge < -0.3 is 9.64 Å². The number of carbonyl (C=O) groups excluding carboxylic acids is 2. The van der Waals surface area contributed by atoms with Crippen molar-refractivity contribution in [2.75, 3.05) is 13.1 Å². The van der Waals surface area contributed by atoms with Crippen LogP contribution in [0.4, 0.5) is 13.2 Å². The van der Waals surface area contributed by atoms with E-state index in [4.69, 9.17) is 4.74 Å². The third-order valence-corrected chi connectivity index (χ3v) is 2.61. The summed E-state index contributed by atoms with van der Waals surface area (Å²) in [5.74, 6) is -1.87. The maximum Gasteiger partial charge on any atom is 0.406 e. The predicted molar refractivity (Wildman–Crippen MR) is 61.2 cm³/mol. The fourth-order valence-corrected chi connectivity index (χ4v) is 1.95. The summed E-state index contributed by atoms with van der Waals surface area (Å²) in [6.45, 7) is 3.86. The number of halogens is 3. The molecule has 0 radical (unpaired) electrons. The van der Waals surface area contributed by atoms with Gasteiger partial charge in [0.15, 0.2) is 0 Å². The molecule has 0 unspecified atom stereocenters. The Bertz CT molecular complexity index is 360. The van der Waals surface area contributed by atoms with Crippen molar-refractivity contribution in [1.29, 1.82) is 0 Å². The number of hydrogen-bond acceptors (Lipinski definition) is 3. The summed E-state index contributed by atoms with van der Waals surface area (Å²) >= 11 is 0. The summed E-state index contributed by atoms with van der Waals surface area (Å²) in [5, 5.41) is 0. The molecule has 1 amide bonds. The van der Waals surface area contributed by atoms with Crippen molar-refractivity contribution in [3.63, 3.8) is 0 Å². The van der Waals surface area contributed by atoms with Crippen molar-refractivity contribution in [2.45, 2.75) is 45.4 Å². The molecule has 19 heavy (non-hydrogen) atoms. The lowest BCUT2D eigenvalue weighted by Crippen LogP contribution is -2.36. The van der Waals surface area contributed by atoms with Gasteiger partial charge in [0.2, 0.25) is 5.91 Å². The molecule has 0 bridgehead atoms. The molecule has 1 rings (SSSR count). The summed E-state index contributed by atoms with van der Waals surface area (Å²) in [5.41, 5.74) is -0.662. The van der Waals surface area contributed by atoms with E-state index in [-0.39, 0.29) is 19.4 Å². The monoisotopic (exact) mass is 281 g/mol. The minimum absolute atomic E-state index is 0.0335. The molecule has 110 valence electrons. The van der Waals surface area contributed by atoms with E-state index in [0.29, 0.717) is 0 Å². The molecule has 1 fully saturated rings. The van der Waals surface area contributed by atoms with Crippen LogP contribution in [0.1, 0.15) is 33.6 Å². The molecule has 0 N–H and O–H groups in total. The third kappa shape index (κ3) is 5.48. The molecule has 0 aromatic rings. The lowest BCUT2D eigenvalue weighted by atomic mass is 10.0. The molecular weight excluding hydrogens is 263 g/mol. The Hall–Kier alpha value is -1.27. The van der Waals surface area contributed by atoms with E-state index in [1.807, 2.05) is 0 Å². The molecule has 1 saturated heterocycles. The van der Waals surface area contributed by atoms with Crippen molar-refractivity contribution in [3.05, 3.63) is 0 Å². The third-order valence-electron chi connectivity index (χ3n) is 2.61. The van der Waals surface area contributed by atoms with Gasteiger partial charge in [0.25, 0.3) is 0 Å². The number of carbonyl (C=O) groups is 2. The first-order valence-electron chi connectivity index (χ1n) is 6.05. The molecule has 1 atom stereocenters. The van der Waals surface area contributed by atoms with Gasteiger partial charge in [-0.15, -0.1) is 0 Å². The Morgan fingerprint density at radius 3 is 2.42 bits per heavy atom. The van der Waals surface area contributed by atoms with Gasteiger partial charge in [-0.2, -0.15) is 13.2 Å². The van der Waals surface area contributed by atoms with Gasteiger partial charge in [-0.3, -0.25) is 9.59 Å². The highest BCUT2D eigenvalue weighted by atomic mass is 19.4. The molecule has 0 aromatic heterocycles. The van der Waals surface area contributed by atoms with Crippen LogP contribution in [0.5, 0.6) is 0 Å². The predicted octanol–water partition coefficient (Wildman–Crippen LogP) is 2.13. The van der Waals surface area contributed by atoms with Crippen molar-refractivity contribution in [3.8, 4) is 0 Å². The van der Waals surface area contributed by atoms with Gasteiger partial charge in [0, 0.05) is 6.54 Å². The molecule has 0 spiro atoms. The molecule has 1 heterocycles. The van der Waals surface area contributed by atoms with Gasteiger partial charge in [-0.25, -0.2) is 0 Å². The van der Waals surface area contributed by atoms with E-state index in [2.05, 4.69) is 0 Å². The van der Waals surface area contributed by atoms with E-state index in [1.54, 1.807) is 20.8 Å². The Labute approximate surface area is 109 Å². The first-order chi connectivity index (χ1) is 8.48. The number of amides is 1. The zero-order chi connectivity index (χ0) is 14.8. The van der Waals surface area contributed by atoms with Crippen molar-refractivity contribution >= 4 is 11.9 Å². The molecule has 0 aliphatic carbocycles. The number of nitrogens with zero attached hydrogens (tertiary/aromatic N) is 1. The summed E-state index contributed by atoms with van der Waals surface area (Å²) < 4.78 is 41.7. The second-order valence-electron chi connectivity index (χ2n) is 5.65. The Morgan fingerprint density at radius 1 is 1.37 bits per heavy atom. The number of likely N-dealkylation sites (tertiary alicyclic amines) is 1. The quantitative estimate of drug-likeness (QED) is 0.744. The van der Waals surface area contributed by atoms with Crippen LogP contribution in [0.25, 0.3) is 0 Å². The topological polar surface area (TPSA) is 46.6 Å². The minimum atomic E-state index is -4.41. The van der Waals surface area contributed by atoms with Crippen molar-refractivity contribution in [2.24, 2.45) is 5.92 Å². The summed E-state index contributed by atoms with van der Waals surface area (Å²) in [7, 11) is 0. The van der Waals surface area contributed by atoms with Crippen LogP contribution >= 0.6 is 0 Å². The van der Waals surface area contributed by atoms with E-state index < -0.39 is 36.1 Å². The first kappa shape index (κ1) is 15.8. The Kier molecular flexibility index (Phi) is 4.47. The Balaban J connectivity index is 2.50. The second-order valence-corrected chi connectivity index (χ2v) is 5.65. The highest BCUT2D eigenvalue weighted by molar-refractivity contribution is 5.85. The van der Waals surface area contributed by atoms with Crippen LogP contribution in [-0.2, 0) is 14.3 Å². The average molecular weight is 281 g/mol. The minimum Gasteiger partial charge on any atom is -0.460 e. The first-order valence-corrected chi connectivity index (χ1v) is 6.05. The van der Waals surface area contributed by atoms with Crippen LogP contribution in [-0.4, -0.2) is 41.6 Å². The fourth-order valence-electron chi connectivity index (χ4n) is 1.95. The van der Waals surface area contributed by atoms with Gasteiger partial charge in [-0.1, -0.05) is 0 Å². The van der Waals surface area contributed by atoms with Crippen molar-refractivity contribution < 1.29 is 27.5 Å². The van der Waals surface area contributed by atoms with E-state index in [9.17, 15) is 22.8 Å². The average Bonchev–Trinajstić information content (AvgIpc) is 2.44. The van der Waals surface area contributed by atoms with Gasteiger partial charge in [0.1, 0.15) is 12.1 Å². The van der Waals surface area contributed by atoms with Crippen LogP contribution < -0.4 is 0 Å². The molecule has 1 aliphatic rings. The maximum absolute atomic E-state index is 12.2. The van der Waals surface area contributed by atoms with Crippen LogP contribution in [0.2, 0.25) is 0 Å². The van der Waals surface area contributed by atoms with Crippen molar-refractivity contribution in [1.82, 2.24) is 4.90 Å². The molecule has 0 aromatic carbocycles. The molecule has 1 aliphatic heterocycles. The highest BCUT2D eigenvalue weighted by Gasteiger charge is 2.40. The van der Waals surface area contributed by atoms with Gasteiger partial charge in [-0.05, 0) is 27.2 Å². The van der Waals surface area contributed by atoms with E-state index >= 15 is 0 Å². The second kappa shape index (κ2) is 5.38. The molecule has 0 saturated carbocycles. The normalized spacial score (nSPS) is 20.8. The smallest absolute Gasteiger partial charge is 0.406 e. The largest absolute Gasteiger partial charge is 0.460 e. The SMILES string of the molecule is CC(C)(C)OC(=O)C[C@H]1CCN(CC(F)(F)F)C1=O. The number of hydrogen-bond donors (Lipinski definition) is 0. The number of esters is 1. The molecule has 4 nitrogen and oxygen atoms in total. The summed E-state index contributed by atoms with van der Waals surface area (Å²) in [6, 6.07) is 0. The summed E-state index contributed by atoms with van der Waals surface area (Å²) in [4.78, 5) is 24.0. The molecular formula is C12H18F3NO3. The van der Waals surface area contributed by atoms with Crippen LogP contribution in [0.15, 0.2) is 0 Å². The standard InChI is InChI=1S/C12H18F3NO3/c1-11(2,3)19-9(17)6-8-4-5-16(10(8)18)7-12(13,14)15/h8H,4-7H2,1-3H3/t8-/m1/s1. The van der Waals surface area contributed by atoms with E-state index in [0.717, 1.165) is 4.90 Å². The molecule has 7 heteroatoms. The summed E-state index contributed by atoms with van der Waals surface area (Å²) in [6.07, 6.45) is -4.31. The van der Waals surface area contributed by atoms with Crippen LogP contribution in [0, 0.1) is 5.92 Å². The Morgan fingerprint density at radius 2 is 1.95 bits per heavy atom. The van der Waals surface area contributed by atoms with Gasteiger partial charge in [0.05, 0.1) is 12.3 Å². The lowest BCUT2D eigenvalue weighted by Gasteiger charge is -2.21.